The first-order chi connectivity index (χ1) is 8.45. The van der Waals surface area contributed by atoms with Gasteiger partial charge in [-0.05, 0) is 33.8 Å². The van der Waals surface area contributed by atoms with E-state index in [9.17, 15) is 15.2 Å². The van der Waals surface area contributed by atoms with Crippen LogP contribution < -0.4 is 5.32 Å². The summed E-state index contributed by atoms with van der Waals surface area (Å²) in [7, 11) is 0. The molecule has 0 aromatic heterocycles. The average molecular weight is 307 g/mol. The third kappa shape index (κ3) is 3.49. The number of hydrogen-bond acceptors (Lipinski definition) is 4. The SMILES string of the molecule is CC(C)(O)C(C)(C)Nc1cc(Cl)c(Cl)cc1[N+](=O)[O-]. The highest BCUT2D eigenvalue weighted by atomic mass is 35.5. The number of nitro benzene ring substituents is 1. The van der Waals surface area contributed by atoms with Crippen molar-refractivity contribution in [3.63, 3.8) is 0 Å². The van der Waals surface area contributed by atoms with Crippen LogP contribution in [0.1, 0.15) is 27.7 Å². The van der Waals surface area contributed by atoms with Crippen LogP contribution in [0, 0.1) is 10.1 Å². The first-order valence-corrected chi connectivity index (χ1v) is 6.35. The molecule has 1 aromatic carbocycles. The van der Waals surface area contributed by atoms with E-state index in [2.05, 4.69) is 5.32 Å². The summed E-state index contributed by atoms with van der Waals surface area (Å²) in [6.07, 6.45) is 0. The molecule has 0 aliphatic carbocycles. The molecule has 0 unspecified atom stereocenters. The maximum absolute atomic E-state index is 11.0. The molecular formula is C12H16Cl2N2O3. The number of benzene rings is 1. The summed E-state index contributed by atoms with van der Waals surface area (Å²) in [4.78, 5) is 10.5. The Bertz CT molecular complexity index is 510. The van der Waals surface area contributed by atoms with Crippen molar-refractivity contribution in [2.45, 2.75) is 38.8 Å². The minimum absolute atomic E-state index is 0.111. The Morgan fingerprint density at radius 3 is 2.11 bits per heavy atom. The smallest absolute Gasteiger partial charge is 0.293 e. The van der Waals surface area contributed by atoms with Crippen LogP contribution in [0.25, 0.3) is 0 Å². The van der Waals surface area contributed by atoms with Crippen LogP contribution in [0.3, 0.4) is 0 Å². The molecule has 0 saturated carbocycles. The maximum Gasteiger partial charge on any atom is 0.293 e. The number of hydrogen-bond donors (Lipinski definition) is 2. The summed E-state index contributed by atoms with van der Waals surface area (Å²) in [5.74, 6) is 0. The zero-order chi connectivity index (χ0) is 15.0. The van der Waals surface area contributed by atoms with Crippen molar-refractivity contribution in [3.8, 4) is 0 Å². The van der Waals surface area contributed by atoms with Gasteiger partial charge in [0, 0.05) is 6.07 Å². The second-order valence-corrected chi connectivity index (χ2v) is 6.16. The Labute approximate surface area is 121 Å². The highest BCUT2D eigenvalue weighted by molar-refractivity contribution is 6.42. The lowest BCUT2D eigenvalue weighted by atomic mass is 9.85. The Morgan fingerprint density at radius 1 is 1.21 bits per heavy atom. The fourth-order valence-electron chi connectivity index (χ4n) is 1.28. The fourth-order valence-corrected chi connectivity index (χ4v) is 1.60. The molecule has 0 radical (unpaired) electrons. The Kier molecular flexibility index (Phi) is 4.34. The van der Waals surface area contributed by atoms with Gasteiger partial charge in [-0.2, -0.15) is 0 Å². The predicted octanol–water partition coefficient (Wildman–Crippen LogP) is 3.86. The van der Waals surface area contributed by atoms with E-state index in [4.69, 9.17) is 23.2 Å². The molecule has 1 rings (SSSR count). The maximum atomic E-state index is 11.0. The minimum atomic E-state index is -1.09. The van der Waals surface area contributed by atoms with Gasteiger partial charge in [0.1, 0.15) is 5.69 Å². The monoisotopic (exact) mass is 306 g/mol. The lowest BCUT2D eigenvalue weighted by molar-refractivity contribution is -0.384. The zero-order valence-electron chi connectivity index (χ0n) is 11.1. The second kappa shape index (κ2) is 5.15. The topological polar surface area (TPSA) is 75.4 Å². The molecule has 0 aliphatic rings. The van der Waals surface area contributed by atoms with Gasteiger partial charge in [0.25, 0.3) is 5.69 Å². The summed E-state index contributed by atoms with van der Waals surface area (Å²) < 4.78 is 0. The van der Waals surface area contributed by atoms with Crippen LogP contribution in [0.4, 0.5) is 11.4 Å². The molecule has 5 nitrogen and oxygen atoms in total. The molecule has 7 heteroatoms. The number of rotatable bonds is 4. The molecule has 0 bridgehead atoms. The first-order valence-electron chi connectivity index (χ1n) is 5.60. The van der Waals surface area contributed by atoms with Crippen molar-refractivity contribution in [3.05, 3.63) is 32.3 Å². The van der Waals surface area contributed by atoms with Crippen molar-refractivity contribution >= 4 is 34.6 Å². The van der Waals surface area contributed by atoms with E-state index >= 15 is 0 Å². The van der Waals surface area contributed by atoms with Gasteiger partial charge >= 0.3 is 0 Å². The van der Waals surface area contributed by atoms with E-state index in [1.165, 1.54) is 12.1 Å². The lowest BCUT2D eigenvalue weighted by Crippen LogP contribution is -2.51. The Balaban J connectivity index is 3.28. The van der Waals surface area contributed by atoms with E-state index in [1.807, 2.05) is 0 Å². The molecule has 0 amide bonds. The fraction of sp³-hybridized carbons (Fsp3) is 0.500. The van der Waals surface area contributed by atoms with Crippen molar-refractivity contribution in [1.82, 2.24) is 0 Å². The van der Waals surface area contributed by atoms with Crippen LogP contribution in [0.5, 0.6) is 0 Å². The van der Waals surface area contributed by atoms with E-state index in [1.54, 1.807) is 27.7 Å². The average Bonchev–Trinajstić information content (AvgIpc) is 2.20. The van der Waals surface area contributed by atoms with Gasteiger partial charge < -0.3 is 10.4 Å². The van der Waals surface area contributed by atoms with E-state index < -0.39 is 16.1 Å². The summed E-state index contributed by atoms with van der Waals surface area (Å²) in [6.45, 7) is 6.70. The summed E-state index contributed by atoms with van der Waals surface area (Å²) in [6, 6.07) is 2.57. The highest BCUT2D eigenvalue weighted by Crippen LogP contribution is 2.37. The van der Waals surface area contributed by atoms with Crippen molar-refractivity contribution in [1.29, 1.82) is 0 Å². The first kappa shape index (κ1) is 16.0. The molecule has 0 atom stereocenters. The molecule has 0 fully saturated rings. The number of aliphatic hydroxyl groups is 1. The van der Waals surface area contributed by atoms with E-state index in [-0.39, 0.29) is 21.4 Å². The third-order valence-electron chi connectivity index (χ3n) is 3.21. The van der Waals surface area contributed by atoms with E-state index in [0.29, 0.717) is 0 Å². The normalized spacial score (nSPS) is 12.4. The molecule has 0 aliphatic heterocycles. The number of nitro groups is 1. The quantitative estimate of drug-likeness (QED) is 0.654. The largest absolute Gasteiger partial charge is 0.388 e. The Hall–Kier alpha value is -1.04. The molecule has 106 valence electrons. The Morgan fingerprint density at radius 2 is 1.68 bits per heavy atom. The number of anilines is 1. The highest BCUT2D eigenvalue weighted by Gasteiger charge is 2.36. The summed E-state index contributed by atoms with van der Waals surface area (Å²) in [5.41, 5.74) is -1.86. The van der Waals surface area contributed by atoms with Gasteiger partial charge in [-0.1, -0.05) is 23.2 Å². The van der Waals surface area contributed by atoms with Gasteiger partial charge in [-0.3, -0.25) is 10.1 Å². The third-order valence-corrected chi connectivity index (χ3v) is 3.93. The van der Waals surface area contributed by atoms with Crippen LogP contribution in [-0.4, -0.2) is 21.2 Å². The molecule has 2 N–H and O–H groups in total. The number of halogens is 2. The van der Waals surface area contributed by atoms with Crippen LogP contribution >= 0.6 is 23.2 Å². The second-order valence-electron chi connectivity index (χ2n) is 5.35. The predicted molar refractivity (Wildman–Crippen MR) is 77.1 cm³/mol. The van der Waals surface area contributed by atoms with Crippen LogP contribution in [-0.2, 0) is 0 Å². The zero-order valence-corrected chi connectivity index (χ0v) is 12.6. The molecule has 0 spiro atoms. The summed E-state index contributed by atoms with van der Waals surface area (Å²) in [5, 5.41) is 24.4. The van der Waals surface area contributed by atoms with Gasteiger partial charge in [0.05, 0.1) is 26.1 Å². The lowest BCUT2D eigenvalue weighted by Gasteiger charge is -2.38. The molecule has 0 heterocycles. The van der Waals surface area contributed by atoms with Gasteiger partial charge in [-0.15, -0.1) is 0 Å². The van der Waals surface area contributed by atoms with Crippen molar-refractivity contribution in [2.24, 2.45) is 0 Å². The summed E-state index contributed by atoms with van der Waals surface area (Å²) >= 11 is 11.7. The number of nitrogens with one attached hydrogen (secondary N) is 1. The van der Waals surface area contributed by atoms with Gasteiger partial charge in [0.2, 0.25) is 0 Å². The van der Waals surface area contributed by atoms with Crippen molar-refractivity contribution in [2.75, 3.05) is 5.32 Å². The van der Waals surface area contributed by atoms with Crippen LogP contribution in [0.15, 0.2) is 12.1 Å². The molecule has 0 saturated heterocycles. The molecular weight excluding hydrogens is 291 g/mol. The van der Waals surface area contributed by atoms with E-state index in [0.717, 1.165) is 0 Å². The van der Waals surface area contributed by atoms with Crippen molar-refractivity contribution < 1.29 is 10.0 Å². The molecule has 1 aromatic rings. The molecule has 19 heavy (non-hydrogen) atoms. The van der Waals surface area contributed by atoms with Crippen LogP contribution in [0.2, 0.25) is 10.0 Å². The number of nitrogens with zero attached hydrogens (tertiary/aromatic N) is 1. The van der Waals surface area contributed by atoms with Gasteiger partial charge in [-0.25, -0.2) is 0 Å². The standard InChI is InChI=1S/C12H16Cl2N2O3/c1-11(2,12(3,4)17)15-9-5-7(13)8(14)6-10(9)16(18)19/h5-6,15,17H,1-4H3. The van der Waals surface area contributed by atoms with Gasteiger partial charge in [0.15, 0.2) is 0 Å². The minimum Gasteiger partial charge on any atom is -0.388 e.